The standard InChI is InChI=1S/C13H12ClIN2O3/c1-19-6-8-11(15)12(14)17-13(16-8)7-3-4-10(20-2)9(18)5-7/h3-5,18H,6H2,1-2H3. The van der Waals surface area contributed by atoms with E-state index < -0.39 is 0 Å². The van der Waals surface area contributed by atoms with Crippen molar-refractivity contribution < 1.29 is 14.6 Å². The predicted octanol–water partition coefficient (Wildman–Crippen LogP) is 3.26. The van der Waals surface area contributed by atoms with E-state index in [4.69, 9.17) is 21.1 Å². The molecule has 106 valence electrons. The predicted molar refractivity (Wildman–Crippen MR) is 84.1 cm³/mol. The van der Waals surface area contributed by atoms with Gasteiger partial charge in [0.15, 0.2) is 17.3 Å². The number of hydrogen-bond donors (Lipinski definition) is 1. The average molecular weight is 407 g/mol. The van der Waals surface area contributed by atoms with Gasteiger partial charge in [0.05, 0.1) is 23.0 Å². The van der Waals surface area contributed by atoms with Gasteiger partial charge in [-0.3, -0.25) is 0 Å². The summed E-state index contributed by atoms with van der Waals surface area (Å²) in [6, 6.07) is 4.94. The van der Waals surface area contributed by atoms with Crippen LogP contribution < -0.4 is 4.74 Å². The molecule has 1 aromatic carbocycles. The minimum atomic E-state index is 0.0246. The molecule has 2 aromatic rings. The highest BCUT2D eigenvalue weighted by molar-refractivity contribution is 14.1. The second kappa shape index (κ2) is 6.55. The molecule has 20 heavy (non-hydrogen) atoms. The smallest absolute Gasteiger partial charge is 0.161 e. The summed E-state index contributed by atoms with van der Waals surface area (Å²) in [7, 11) is 3.08. The summed E-state index contributed by atoms with van der Waals surface area (Å²) in [6.45, 7) is 0.343. The molecule has 0 amide bonds. The molecule has 1 aromatic heterocycles. The molecule has 7 heteroatoms. The maximum atomic E-state index is 9.81. The van der Waals surface area contributed by atoms with E-state index in [9.17, 15) is 5.11 Å². The lowest BCUT2D eigenvalue weighted by atomic mass is 10.2. The van der Waals surface area contributed by atoms with Crippen LogP contribution in [0.4, 0.5) is 0 Å². The zero-order valence-electron chi connectivity index (χ0n) is 10.9. The van der Waals surface area contributed by atoms with Gasteiger partial charge in [0.1, 0.15) is 5.15 Å². The van der Waals surface area contributed by atoms with Gasteiger partial charge in [-0.25, -0.2) is 9.97 Å². The van der Waals surface area contributed by atoms with Crippen molar-refractivity contribution >= 4 is 34.2 Å². The van der Waals surface area contributed by atoms with Crippen LogP contribution in [0.15, 0.2) is 18.2 Å². The van der Waals surface area contributed by atoms with Crippen LogP contribution >= 0.6 is 34.2 Å². The molecule has 0 saturated carbocycles. The molecule has 0 aliphatic heterocycles. The Bertz CT molecular complexity index is 637. The number of benzene rings is 1. The number of aromatic nitrogens is 2. The molecule has 0 saturated heterocycles. The van der Waals surface area contributed by atoms with Crippen molar-refractivity contribution in [2.24, 2.45) is 0 Å². The van der Waals surface area contributed by atoms with Crippen LogP contribution in [0.2, 0.25) is 5.15 Å². The van der Waals surface area contributed by atoms with Gasteiger partial charge in [0, 0.05) is 12.7 Å². The second-order valence-corrected chi connectivity index (χ2v) is 5.36. The molecule has 0 unspecified atom stereocenters. The third kappa shape index (κ3) is 3.13. The molecule has 0 atom stereocenters. The Labute approximate surface area is 135 Å². The van der Waals surface area contributed by atoms with Crippen molar-refractivity contribution in [3.8, 4) is 22.9 Å². The Kier molecular flexibility index (Phi) is 5.00. The van der Waals surface area contributed by atoms with E-state index in [0.717, 1.165) is 3.57 Å². The van der Waals surface area contributed by atoms with E-state index in [1.54, 1.807) is 19.2 Å². The Hall–Kier alpha value is -1.12. The lowest BCUT2D eigenvalue weighted by molar-refractivity contribution is 0.181. The number of nitrogens with zero attached hydrogens (tertiary/aromatic N) is 2. The molecule has 0 bridgehead atoms. The molecule has 0 spiro atoms. The number of phenols is 1. The molecule has 0 aliphatic rings. The van der Waals surface area contributed by atoms with Crippen molar-refractivity contribution in [2.75, 3.05) is 14.2 Å². The summed E-state index contributed by atoms with van der Waals surface area (Å²) in [5.74, 6) is 0.847. The van der Waals surface area contributed by atoms with Gasteiger partial charge in [-0.2, -0.15) is 0 Å². The molecule has 1 heterocycles. The van der Waals surface area contributed by atoms with E-state index in [1.165, 1.54) is 13.2 Å². The highest BCUT2D eigenvalue weighted by atomic mass is 127. The first-order chi connectivity index (χ1) is 9.56. The van der Waals surface area contributed by atoms with Crippen molar-refractivity contribution in [3.63, 3.8) is 0 Å². The normalized spacial score (nSPS) is 10.6. The van der Waals surface area contributed by atoms with Crippen LogP contribution in [0, 0.1) is 3.57 Å². The zero-order chi connectivity index (χ0) is 14.7. The number of rotatable bonds is 4. The molecule has 0 fully saturated rings. The van der Waals surface area contributed by atoms with Gasteiger partial charge in [0.25, 0.3) is 0 Å². The van der Waals surface area contributed by atoms with E-state index in [1.807, 2.05) is 0 Å². The minimum absolute atomic E-state index is 0.0246. The highest BCUT2D eigenvalue weighted by Crippen LogP contribution is 2.31. The van der Waals surface area contributed by atoms with Crippen LogP contribution in [0.1, 0.15) is 5.69 Å². The molecule has 5 nitrogen and oxygen atoms in total. The van der Waals surface area contributed by atoms with Gasteiger partial charge in [-0.05, 0) is 40.8 Å². The topological polar surface area (TPSA) is 64.5 Å². The number of phenolic OH excluding ortho intramolecular Hbond substituents is 1. The van der Waals surface area contributed by atoms with E-state index in [0.29, 0.717) is 34.6 Å². The van der Waals surface area contributed by atoms with Gasteiger partial charge in [-0.15, -0.1) is 0 Å². The fraction of sp³-hybridized carbons (Fsp3) is 0.231. The SMILES string of the molecule is COCc1nc(-c2ccc(OC)c(O)c2)nc(Cl)c1I. The Morgan fingerprint density at radius 2 is 2.05 bits per heavy atom. The molecule has 0 aliphatic carbocycles. The lowest BCUT2D eigenvalue weighted by Crippen LogP contribution is -2.02. The van der Waals surface area contributed by atoms with Crippen molar-refractivity contribution in [1.29, 1.82) is 0 Å². The monoisotopic (exact) mass is 406 g/mol. The van der Waals surface area contributed by atoms with E-state index in [-0.39, 0.29) is 5.75 Å². The summed E-state index contributed by atoms with van der Waals surface area (Å²) < 4.78 is 10.9. The molecule has 1 N–H and O–H groups in total. The maximum Gasteiger partial charge on any atom is 0.161 e. The number of methoxy groups -OCH3 is 2. The van der Waals surface area contributed by atoms with E-state index in [2.05, 4.69) is 32.6 Å². The largest absolute Gasteiger partial charge is 0.504 e. The zero-order valence-corrected chi connectivity index (χ0v) is 13.8. The van der Waals surface area contributed by atoms with Gasteiger partial charge in [0.2, 0.25) is 0 Å². The second-order valence-electron chi connectivity index (χ2n) is 3.92. The van der Waals surface area contributed by atoms with E-state index >= 15 is 0 Å². The Balaban J connectivity index is 2.49. The molecular formula is C13H12ClIN2O3. The van der Waals surface area contributed by atoms with Gasteiger partial charge < -0.3 is 14.6 Å². The minimum Gasteiger partial charge on any atom is -0.504 e. The summed E-state index contributed by atoms with van der Waals surface area (Å²) in [6.07, 6.45) is 0. The Morgan fingerprint density at radius 3 is 2.65 bits per heavy atom. The first-order valence-electron chi connectivity index (χ1n) is 5.65. The van der Waals surface area contributed by atoms with Crippen LogP contribution in [0.25, 0.3) is 11.4 Å². The van der Waals surface area contributed by atoms with Crippen molar-refractivity contribution in [2.45, 2.75) is 6.61 Å². The number of ether oxygens (including phenoxy) is 2. The molecular weight excluding hydrogens is 395 g/mol. The van der Waals surface area contributed by atoms with Gasteiger partial charge in [-0.1, -0.05) is 11.6 Å². The molecule has 2 rings (SSSR count). The third-order valence-corrected chi connectivity index (χ3v) is 4.32. The fourth-order valence-electron chi connectivity index (χ4n) is 1.65. The van der Waals surface area contributed by atoms with Crippen molar-refractivity contribution in [3.05, 3.63) is 32.6 Å². The summed E-state index contributed by atoms with van der Waals surface area (Å²) in [5, 5.41) is 10.2. The summed E-state index contributed by atoms with van der Waals surface area (Å²) >= 11 is 8.18. The quantitative estimate of drug-likeness (QED) is 0.624. The first-order valence-corrected chi connectivity index (χ1v) is 7.10. The summed E-state index contributed by atoms with van der Waals surface area (Å²) in [4.78, 5) is 8.63. The number of hydrogen-bond acceptors (Lipinski definition) is 5. The highest BCUT2D eigenvalue weighted by Gasteiger charge is 2.13. The lowest BCUT2D eigenvalue weighted by Gasteiger charge is -2.09. The summed E-state index contributed by atoms with van der Waals surface area (Å²) in [5.41, 5.74) is 1.36. The van der Waals surface area contributed by atoms with Crippen LogP contribution in [-0.4, -0.2) is 29.3 Å². The number of halogens is 2. The van der Waals surface area contributed by atoms with Crippen LogP contribution in [-0.2, 0) is 11.3 Å². The third-order valence-electron chi connectivity index (χ3n) is 2.60. The van der Waals surface area contributed by atoms with Crippen LogP contribution in [0.3, 0.4) is 0 Å². The average Bonchev–Trinajstić information content (AvgIpc) is 2.43. The maximum absolute atomic E-state index is 9.81. The fourth-order valence-corrected chi connectivity index (χ4v) is 2.24. The van der Waals surface area contributed by atoms with Crippen molar-refractivity contribution in [1.82, 2.24) is 9.97 Å². The van der Waals surface area contributed by atoms with Gasteiger partial charge >= 0.3 is 0 Å². The molecule has 0 radical (unpaired) electrons. The number of aromatic hydroxyl groups is 1. The van der Waals surface area contributed by atoms with Crippen LogP contribution in [0.5, 0.6) is 11.5 Å². The Morgan fingerprint density at radius 1 is 1.30 bits per heavy atom. The first kappa shape index (κ1) is 15.3.